The molecule has 1 N–H and O–H groups in total. The van der Waals surface area contributed by atoms with E-state index in [0.29, 0.717) is 6.04 Å². The summed E-state index contributed by atoms with van der Waals surface area (Å²) >= 11 is 0. The number of halogens is 4. The molecule has 1 rings (SSSR count). The van der Waals surface area contributed by atoms with Crippen LogP contribution in [-0.2, 0) is 4.74 Å². The van der Waals surface area contributed by atoms with E-state index in [2.05, 4.69) is 10.0 Å². The Morgan fingerprint density at radius 2 is 1.70 bits per heavy atom. The zero-order valence-corrected chi connectivity index (χ0v) is 13.6. The molecular weight excluding hydrogens is 336 g/mol. The Morgan fingerprint density at radius 3 is 2.13 bits per heavy atom. The fourth-order valence-electron chi connectivity index (χ4n) is 1.45. The van der Waals surface area contributed by atoms with Crippen LogP contribution in [0.15, 0.2) is 5.11 Å². The summed E-state index contributed by atoms with van der Waals surface area (Å²) in [7, 11) is -1.49. The summed E-state index contributed by atoms with van der Waals surface area (Å²) < 4.78 is 59.1. The molecule has 126 valence electrons. The van der Waals surface area contributed by atoms with Crippen molar-refractivity contribution < 1.29 is 27.1 Å². The van der Waals surface area contributed by atoms with Crippen LogP contribution in [0, 0.1) is 23.3 Å². The molecule has 0 spiro atoms. The monoisotopic (exact) mass is 350 g/mol. The number of carbonyl (C=O) groups excluding carboxylic acids is 1. The number of amides is 1. The van der Waals surface area contributed by atoms with Crippen LogP contribution in [0.1, 0.15) is 0 Å². The molecule has 0 fully saturated rings. The lowest BCUT2D eigenvalue weighted by Crippen LogP contribution is -2.24. The van der Waals surface area contributed by atoms with Crippen molar-refractivity contribution in [3.63, 3.8) is 0 Å². The van der Waals surface area contributed by atoms with Gasteiger partial charge < -0.3 is 4.74 Å². The second kappa shape index (κ2) is 7.33. The summed E-state index contributed by atoms with van der Waals surface area (Å²) in [6.45, 7) is 6.07. The first kappa shape index (κ1) is 18.8. The van der Waals surface area contributed by atoms with Crippen LogP contribution in [0.4, 0.5) is 33.7 Å². The van der Waals surface area contributed by atoms with Crippen molar-refractivity contribution in [2.24, 2.45) is 5.11 Å². The molecule has 6 nitrogen and oxygen atoms in total. The first-order chi connectivity index (χ1) is 10.6. The van der Waals surface area contributed by atoms with Crippen LogP contribution < -0.4 is 5.32 Å². The van der Waals surface area contributed by atoms with Crippen LogP contribution >= 0.6 is 0 Å². The minimum absolute atomic E-state index is 0.00652. The number of carbonyl (C=O) groups is 1. The maximum atomic E-state index is 13.7. The highest BCUT2D eigenvalue weighted by molar-refractivity contribution is 6.76. The number of nitrogens with one attached hydrogen (secondary N) is 1. The summed E-state index contributed by atoms with van der Waals surface area (Å²) in [6, 6.07) is 0.601. The van der Waals surface area contributed by atoms with Gasteiger partial charge in [-0.3, -0.25) is 5.32 Å². The second-order valence-corrected chi connectivity index (χ2v) is 11.4. The molecule has 0 unspecified atom stereocenters. The maximum absolute atomic E-state index is 13.7. The normalized spacial score (nSPS) is 10.9. The number of hydrogen-bond donors (Lipinski definition) is 1. The maximum Gasteiger partial charge on any atom is 0.411 e. The summed E-state index contributed by atoms with van der Waals surface area (Å²) in [4.78, 5) is 13.5. The number of benzene rings is 1. The Bertz CT molecular complexity index is 643. The Morgan fingerprint density at radius 1 is 1.17 bits per heavy atom. The number of anilines is 1. The third-order valence-electron chi connectivity index (χ3n) is 2.70. The molecular formula is C12H14F4N4O2Si. The Hall–Kier alpha value is -2.26. The van der Waals surface area contributed by atoms with E-state index in [0.717, 1.165) is 0 Å². The fourth-order valence-corrected chi connectivity index (χ4v) is 2.16. The standard InChI is InChI=1S/C12H14F4N4O2Si/c1-23(2,3)5-4-22-12(21)18-10-6(13)8(15)11(19-20-17)9(16)7(10)14/h4-5H2,1-3H3,(H,18,21). The second-order valence-electron chi connectivity index (χ2n) is 5.74. The van der Waals surface area contributed by atoms with E-state index >= 15 is 0 Å². The first-order valence-electron chi connectivity index (χ1n) is 6.43. The van der Waals surface area contributed by atoms with Crippen molar-refractivity contribution in [3.8, 4) is 0 Å². The molecule has 0 saturated heterocycles. The lowest BCUT2D eigenvalue weighted by Gasteiger charge is -2.16. The zero-order valence-electron chi connectivity index (χ0n) is 12.6. The highest BCUT2D eigenvalue weighted by Crippen LogP contribution is 2.33. The van der Waals surface area contributed by atoms with Crippen molar-refractivity contribution in [1.82, 2.24) is 0 Å². The van der Waals surface area contributed by atoms with Gasteiger partial charge in [0, 0.05) is 13.0 Å². The molecule has 1 aromatic carbocycles. The van der Waals surface area contributed by atoms with Gasteiger partial charge in [-0.15, -0.1) is 0 Å². The van der Waals surface area contributed by atoms with Gasteiger partial charge in [-0.05, 0) is 11.6 Å². The van der Waals surface area contributed by atoms with E-state index in [1.165, 1.54) is 0 Å². The van der Waals surface area contributed by atoms with E-state index in [1.807, 2.05) is 19.6 Å². The average Bonchev–Trinajstić information content (AvgIpc) is 2.45. The van der Waals surface area contributed by atoms with Crippen LogP contribution in [0.5, 0.6) is 0 Å². The van der Waals surface area contributed by atoms with Gasteiger partial charge in [0.15, 0.2) is 23.3 Å². The summed E-state index contributed by atoms with van der Waals surface area (Å²) in [5.74, 6) is -7.62. The number of nitrogens with zero attached hydrogens (tertiary/aromatic N) is 3. The third-order valence-corrected chi connectivity index (χ3v) is 4.40. The number of hydrogen-bond acceptors (Lipinski definition) is 3. The van der Waals surface area contributed by atoms with E-state index in [4.69, 9.17) is 10.3 Å². The van der Waals surface area contributed by atoms with Gasteiger partial charge in [-0.2, -0.15) is 0 Å². The molecule has 0 saturated carbocycles. The zero-order chi connectivity index (χ0) is 17.8. The SMILES string of the molecule is C[Si](C)(C)CCOC(=O)Nc1c(F)c(F)c(N=[N+]=[N-])c(F)c1F. The van der Waals surface area contributed by atoms with Gasteiger partial charge in [0.1, 0.15) is 11.4 Å². The molecule has 0 aliphatic heterocycles. The van der Waals surface area contributed by atoms with Crippen molar-refractivity contribution in [2.45, 2.75) is 25.7 Å². The molecule has 1 aromatic rings. The molecule has 1 amide bonds. The molecule has 0 atom stereocenters. The molecule has 0 heterocycles. The minimum Gasteiger partial charge on any atom is -0.450 e. The number of azide groups is 1. The smallest absolute Gasteiger partial charge is 0.411 e. The number of ether oxygens (including phenoxy) is 1. The topological polar surface area (TPSA) is 87.1 Å². The van der Waals surface area contributed by atoms with Crippen LogP contribution in [0.3, 0.4) is 0 Å². The number of rotatable bonds is 5. The summed E-state index contributed by atoms with van der Waals surface area (Å²) in [5.41, 5.74) is 5.31. The van der Waals surface area contributed by atoms with Crippen molar-refractivity contribution in [1.29, 1.82) is 0 Å². The Labute approximate surface area is 130 Å². The third kappa shape index (κ3) is 4.86. The quantitative estimate of drug-likeness (QED) is 0.201. The average molecular weight is 350 g/mol. The van der Waals surface area contributed by atoms with Crippen LogP contribution in [-0.4, -0.2) is 20.8 Å². The first-order valence-corrected chi connectivity index (χ1v) is 10.1. The minimum atomic E-state index is -1.92. The Kier molecular flexibility index (Phi) is 5.99. The fraction of sp³-hybridized carbons (Fsp3) is 0.417. The Balaban J connectivity index is 2.97. The van der Waals surface area contributed by atoms with Crippen molar-refractivity contribution in [2.75, 3.05) is 11.9 Å². The highest BCUT2D eigenvalue weighted by atomic mass is 28.3. The van der Waals surface area contributed by atoms with Gasteiger partial charge in [-0.25, -0.2) is 22.4 Å². The highest BCUT2D eigenvalue weighted by Gasteiger charge is 2.26. The molecule has 23 heavy (non-hydrogen) atoms. The van der Waals surface area contributed by atoms with Gasteiger partial charge in [0.2, 0.25) is 0 Å². The molecule has 11 heteroatoms. The van der Waals surface area contributed by atoms with E-state index < -0.39 is 48.8 Å². The van der Waals surface area contributed by atoms with E-state index in [1.54, 1.807) is 5.32 Å². The van der Waals surface area contributed by atoms with Crippen LogP contribution in [0.25, 0.3) is 10.4 Å². The lowest BCUT2D eigenvalue weighted by atomic mass is 10.2. The van der Waals surface area contributed by atoms with Gasteiger partial charge in [-0.1, -0.05) is 24.8 Å². The van der Waals surface area contributed by atoms with Gasteiger partial charge in [0.25, 0.3) is 0 Å². The molecule has 0 aliphatic carbocycles. The molecule has 0 aromatic heterocycles. The summed E-state index contributed by atoms with van der Waals surface area (Å²) in [5, 5.41) is 4.14. The largest absolute Gasteiger partial charge is 0.450 e. The van der Waals surface area contributed by atoms with E-state index in [-0.39, 0.29) is 6.61 Å². The van der Waals surface area contributed by atoms with E-state index in [9.17, 15) is 22.4 Å². The van der Waals surface area contributed by atoms with Crippen molar-refractivity contribution >= 4 is 25.5 Å². The van der Waals surface area contributed by atoms with Crippen LogP contribution in [0.2, 0.25) is 25.7 Å². The molecule has 0 aliphatic rings. The van der Waals surface area contributed by atoms with Crippen molar-refractivity contribution in [3.05, 3.63) is 33.7 Å². The van der Waals surface area contributed by atoms with Gasteiger partial charge in [0.05, 0.1) is 6.61 Å². The lowest BCUT2D eigenvalue weighted by molar-refractivity contribution is 0.167. The predicted molar refractivity (Wildman–Crippen MR) is 78.2 cm³/mol. The molecule has 0 bridgehead atoms. The molecule has 0 radical (unpaired) electrons. The summed E-state index contributed by atoms with van der Waals surface area (Å²) in [6.07, 6.45) is -1.25. The predicted octanol–water partition coefficient (Wildman–Crippen LogP) is 5.07. The van der Waals surface area contributed by atoms with Gasteiger partial charge >= 0.3 is 6.09 Å².